The summed E-state index contributed by atoms with van der Waals surface area (Å²) in [6.45, 7) is 3.83. The Hall–Kier alpha value is -1.58. The maximum absolute atomic E-state index is 12.9. The Balaban J connectivity index is 1.82. The first kappa shape index (κ1) is 16.8. The summed E-state index contributed by atoms with van der Waals surface area (Å²) in [6, 6.07) is 16.6. The molecule has 3 heteroatoms. The summed E-state index contributed by atoms with van der Waals surface area (Å²) in [7, 11) is 0. The molecule has 22 heavy (non-hydrogen) atoms. The number of halogens is 1. The molecule has 116 valence electrons. The summed E-state index contributed by atoms with van der Waals surface area (Å²) in [5.41, 5.74) is 1.23. The van der Waals surface area contributed by atoms with Gasteiger partial charge in [0.2, 0.25) is 0 Å². The Morgan fingerprint density at radius 2 is 1.77 bits per heavy atom. The number of aryl methyl sites for hydroxylation is 1. The van der Waals surface area contributed by atoms with Gasteiger partial charge in [0.1, 0.15) is 5.82 Å². The smallest absolute Gasteiger partial charge is 0.123 e. The topological polar surface area (TPSA) is 20.2 Å². The zero-order valence-electron chi connectivity index (χ0n) is 12.5. The van der Waals surface area contributed by atoms with Gasteiger partial charge >= 0.3 is 0 Å². The molecule has 0 saturated carbocycles. The van der Waals surface area contributed by atoms with E-state index in [0.717, 1.165) is 17.1 Å². The maximum atomic E-state index is 12.9. The molecule has 0 saturated heterocycles. The lowest BCUT2D eigenvalue weighted by molar-refractivity contribution is 0.130. The zero-order valence-corrected chi connectivity index (χ0v) is 13.3. The number of benzene rings is 2. The fourth-order valence-electron chi connectivity index (χ4n) is 2.23. The molecular weight excluding hydrogens is 295 g/mol. The standard InChI is InChI=1S/C19H21FOS/c1-2-16(14-22-18-11-9-17(20)10-12-18)19(21)13-8-15-6-4-3-5-7-15/h2-7,9-12,16,19,21H,1,8,13-14H2/t16-,19-/m0/s1. The number of rotatable bonds is 8. The van der Waals surface area contributed by atoms with Crippen molar-refractivity contribution in [3.63, 3.8) is 0 Å². The third-order valence-corrected chi connectivity index (χ3v) is 4.78. The first-order chi connectivity index (χ1) is 10.7. The zero-order chi connectivity index (χ0) is 15.8. The van der Waals surface area contributed by atoms with Gasteiger partial charge in [-0.25, -0.2) is 4.39 Å². The molecule has 0 aliphatic carbocycles. The highest BCUT2D eigenvalue weighted by Gasteiger charge is 2.16. The molecule has 0 fully saturated rings. The first-order valence-corrected chi connectivity index (χ1v) is 8.40. The van der Waals surface area contributed by atoms with Gasteiger partial charge in [-0.1, -0.05) is 36.4 Å². The van der Waals surface area contributed by atoms with Crippen molar-refractivity contribution < 1.29 is 9.50 Å². The second kappa shape index (κ2) is 8.76. The van der Waals surface area contributed by atoms with E-state index in [-0.39, 0.29) is 11.7 Å². The minimum absolute atomic E-state index is 0.0266. The van der Waals surface area contributed by atoms with Crippen molar-refractivity contribution in [3.8, 4) is 0 Å². The molecule has 2 aromatic rings. The van der Waals surface area contributed by atoms with E-state index in [4.69, 9.17) is 0 Å². The van der Waals surface area contributed by atoms with Crippen molar-refractivity contribution in [1.82, 2.24) is 0 Å². The number of thioether (sulfide) groups is 1. The van der Waals surface area contributed by atoms with Crippen molar-refractivity contribution in [2.75, 3.05) is 5.75 Å². The van der Waals surface area contributed by atoms with Crippen LogP contribution in [0.25, 0.3) is 0 Å². The van der Waals surface area contributed by atoms with Crippen LogP contribution in [0.15, 0.2) is 72.1 Å². The van der Waals surface area contributed by atoms with E-state index >= 15 is 0 Å². The molecule has 0 aliphatic rings. The van der Waals surface area contributed by atoms with Gasteiger partial charge in [-0.3, -0.25) is 0 Å². The number of hydrogen-bond acceptors (Lipinski definition) is 2. The van der Waals surface area contributed by atoms with Crippen molar-refractivity contribution in [1.29, 1.82) is 0 Å². The number of aliphatic hydroxyl groups is 1. The summed E-state index contributed by atoms with van der Waals surface area (Å²) in [4.78, 5) is 1.00. The van der Waals surface area contributed by atoms with Crippen LogP contribution in [0.4, 0.5) is 4.39 Å². The molecule has 1 N–H and O–H groups in total. The van der Waals surface area contributed by atoms with Gasteiger partial charge in [0.15, 0.2) is 0 Å². The third-order valence-electron chi connectivity index (χ3n) is 3.62. The fraction of sp³-hybridized carbons (Fsp3) is 0.263. The van der Waals surface area contributed by atoms with Gasteiger partial charge < -0.3 is 5.11 Å². The number of aliphatic hydroxyl groups excluding tert-OH is 1. The molecule has 1 nitrogen and oxygen atoms in total. The summed E-state index contributed by atoms with van der Waals surface area (Å²) in [6.07, 6.45) is 2.97. The molecule has 2 aromatic carbocycles. The van der Waals surface area contributed by atoms with Gasteiger partial charge in [0.05, 0.1) is 6.10 Å². The lowest BCUT2D eigenvalue weighted by atomic mass is 9.98. The average molecular weight is 316 g/mol. The maximum Gasteiger partial charge on any atom is 0.123 e. The molecule has 0 aromatic heterocycles. The van der Waals surface area contributed by atoms with E-state index in [1.807, 2.05) is 24.3 Å². The highest BCUT2D eigenvalue weighted by atomic mass is 32.2. The largest absolute Gasteiger partial charge is 0.392 e. The minimum Gasteiger partial charge on any atom is -0.392 e. The summed E-state index contributed by atoms with van der Waals surface area (Å²) < 4.78 is 12.9. The van der Waals surface area contributed by atoms with Crippen molar-refractivity contribution in [3.05, 3.63) is 78.6 Å². The van der Waals surface area contributed by atoms with Gasteiger partial charge in [-0.2, -0.15) is 0 Å². The van der Waals surface area contributed by atoms with Gasteiger partial charge in [-0.05, 0) is 42.7 Å². The predicted molar refractivity (Wildman–Crippen MR) is 91.6 cm³/mol. The van der Waals surface area contributed by atoms with E-state index in [1.54, 1.807) is 23.9 Å². The Morgan fingerprint density at radius 3 is 2.41 bits per heavy atom. The lowest BCUT2D eigenvalue weighted by Gasteiger charge is -2.19. The molecule has 0 amide bonds. The molecule has 0 heterocycles. The van der Waals surface area contributed by atoms with Crippen LogP contribution < -0.4 is 0 Å². The van der Waals surface area contributed by atoms with Crippen molar-refractivity contribution in [2.45, 2.75) is 23.8 Å². The molecule has 2 atom stereocenters. The molecule has 2 rings (SSSR count). The van der Waals surface area contributed by atoms with E-state index in [1.165, 1.54) is 17.7 Å². The number of hydrogen-bond donors (Lipinski definition) is 1. The van der Waals surface area contributed by atoms with Crippen molar-refractivity contribution >= 4 is 11.8 Å². The molecular formula is C19H21FOS. The highest BCUT2D eigenvalue weighted by molar-refractivity contribution is 7.99. The Morgan fingerprint density at radius 1 is 1.09 bits per heavy atom. The van der Waals surface area contributed by atoms with E-state index in [2.05, 4.69) is 18.7 Å². The van der Waals surface area contributed by atoms with Gasteiger partial charge in [0, 0.05) is 16.6 Å². The third kappa shape index (κ3) is 5.32. The van der Waals surface area contributed by atoms with E-state index in [0.29, 0.717) is 6.42 Å². The Kier molecular flexibility index (Phi) is 6.69. The summed E-state index contributed by atoms with van der Waals surface area (Å²) in [5.74, 6) is 0.539. The second-order valence-corrected chi connectivity index (χ2v) is 6.35. The minimum atomic E-state index is -0.411. The molecule has 0 spiro atoms. The lowest BCUT2D eigenvalue weighted by Crippen LogP contribution is -2.21. The van der Waals surface area contributed by atoms with Crippen LogP contribution in [0.1, 0.15) is 12.0 Å². The molecule has 0 radical (unpaired) electrons. The van der Waals surface area contributed by atoms with Crippen LogP contribution in [0.2, 0.25) is 0 Å². The van der Waals surface area contributed by atoms with Crippen LogP contribution in [0.5, 0.6) is 0 Å². The Bertz CT molecular complexity index is 568. The normalized spacial score (nSPS) is 13.5. The molecule has 0 bridgehead atoms. The highest BCUT2D eigenvalue weighted by Crippen LogP contribution is 2.24. The van der Waals surface area contributed by atoms with Crippen LogP contribution in [-0.2, 0) is 6.42 Å². The van der Waals surface area contributed by atoms with E-state index < -0.39 is 6.10 Å². The van der Waals surface area contributed by atoms with Gasteiger partial charge in [0.25, 0.3) is 0 Å². The first-order valence-electron chi connectivity index (χ1n) is 7.42. The quantitative estimate of drug-likeness (QED) is 0.562. The van der Waals surface area contributed by atoms with Crippen LogP contribution in [0.3, 0.4) is 0 Å². The van der Waals surface area contributed by atoms with Crippen LogP contribution >= 0.6 is 11.8 Å². The summed E-state index contributed by atoms with van der Waals surface area (Å²) in [5, 5.41) is 10.3. The fourth-order valence-corrected chi connectivity index (χ4v) is 3.30. The van der Waals surface area contributed by atoms with Crippen molar-refractivity contribution in [2.24, 2.45) is 5.92 Å². The monoisotopic (exact) mass is 316 g/mol. The van der Waals surface area contributed by atoms with Crippen LogP contribution in [0, 0.1) is 11.7 Å². The molecule has 0 aliphatic heterocycles. The van der Waals surface area contributed by atoms with Gasteiger partial charge in [-0.15, -0.1) is 18.3 Å². The van der Waals surface area contributed by atoms with E-state index in [9.17, 15) is 9.50 Å². The Labute approximate surface area is 135 Å². The average Bonchev–Trinajstić information content (AvgIpc) is 2.56. The SMILES string of the molecule is C=C[C@@H](CSc1ccc(F)cc1)[C@@H](O)CCc1ccccc1. The van der Waals surface area contributed by atoms with Crippen LogP contribution in [-0.4, -0.2) is 17.0 Å². The second-order valence-electron chi connectivity index (χ2n) is 5.26. The predicted octanol–water partition coefficient (Wildman–Crippen LogP) is 4.71. The molecule has 0 unspecified atom stereocenters. The summed E-state index contributed by atoms with van der Waals surface area (Å²) >= 11 is 1.61.